The van der Waals surface area contributed by atoms with Gasteiger partial charge in [0, 0.05) is 3.57 Å². The van der Waals surface area contributed by atoms with E-state index < -0.39 is 7.82 Å². The second-order valence-electron chi connectivity index (χ2n) is 10.5. The lowest BCUT2D eigenvalue weighted by Crippen LogP contribution is -2.42. The molecule has 0 heterocycles. The van der Waals surface area contributed by atoms with Gasteiger partial charge < -0.3 is 14.3 Å². The normalized spacial score (nSPS) is 13.4. The quantitative estimate of drug-likeness (QED) is 0.0709. The van der Waals surface area contributed by atoms with Gasteiger partial charge in [0.2, 0.25) is 0 Å². The number of halogens is 1. The number of aryl methyl sites for hydroxylation is 1. The Kier molecular flexibility index (Phi) is 16.4. The lowest BCUT2D eigenvalue weighted by molar-refractivity contribution is -0.873. The summed E-state index contributed by atoms with van der Waals surface area (Å²) >= 11 is 2.36. The maximum Gasteiger partial charge on any atom is 0.470 e. The maximum absolute atomic E-state index is 11.2. The molecule has 1 unspecified atom stereocenters. The Morgan fingerprint density at radius 1 is 0.788 bits per heavy atom. The number of quaternary nitrogens is 1. The molecule has 2 N–H and O–H groups in total. The fourth-order valence-corrected chi connectivity index (χ4v) is 5.20. The van der Waals surface area contributed by atoms with Crippen LogP contribution >= 0.6 is 30.4 Å². The second kappa shape index (κ2) is 17.4. The van der Waals surface area contributed by atoms with Gasteiger partial charge in [-0.05, 0) is 59.5 Å². The summed E-state index contributed by atoms with van der Waals surface area (Å²) in [7, 11) is 1.63. The molecular formula is C26H48INO4P+. The minimum atomic E-state index is -4.42. The first-order chi connectivity index (χ1) is 15.6. The molecule has 1 aromatic carbocycles. The van der Waals surface area contributed by atoms with Gasteiger partial charge in [0.1, 0.15) is 12.6 Å². The average molecular weight is 597 g/mol. The summed E-state index contributed by atoms with van der Waals surface area (Å²) < 4.78 is 18.2. The molecule has 7 heteroatoms. The Balaban J connectivity index is 1.91. The highest BCUT2D eigenvalue weighted by Crippen LogP contribution is 2.39. The molecule has 0 aliphatic heterocycles. The van der Waals surface area contributed by atoms with Gasteiger partial charge in [-0.3, -0.25) is 4.52 Å². The van der Waals surface area contributed by atoms with Gasteiger partial charge in [0.15, 0.2) is 0 Å². The topological polar surface area (TPSA) is 66.8 Å². The molecule has 1 aromatic rings. The molecule has 0 aromatic heterocycles. The predicted octanol–water partition coefficient (Wildman–Crippen LogP) is 7.48. The monoisotopic (exact) mass is 596 g/mol. The van der Waals surface area contributed by atoms with E-state index in [1.165, 1.54) is 86.2 Å². The number of hydrogen-bond donors (Lipinski definition) is 2. The highest BCUT2D eigenvalue weighted by Gasteiger charge is 2.26. The van der Waals surface area contributed by atoms with Crippen LogP contribution in [0.5, 0.6) is 0 Å². The van der Waals surface area contributed by atoms with Gasteiger partial charge >= 0.3 is 7.82 Å². The zero-order valence-electron chi connectivity index (χ0n) is 21.2. The second-order valence-corrected chi connectivity index (χ2v) is 12.9. The summed E-state index contributed by atoms with van der Waals surface area (Å²) in [6.07, 6.45) is 18.2. The van der Waals surface area contributed by atoms with E-state index in [1.54, 1.807) is 0 Å². The Morgan fingerprint density at radius 2 is 1.21 bits per heavy atom. The molecule has 0 saturated heterocycles. The van der Waals surface area contributed by atoms with Crippen molar-refractivity contribution in [1.82, 2.24) is 0 Å². The Hall–Kier alpha value is 0.0200. The maximum atomic E-state index is 11.2. The van der Waals surface area contributed by atoms with Crippen LogP contribution in [0.1, 0.15) is 95.5 Å². The fraction of sp³-hybridized carbons (Fsp3) is 0.769. The van der Waals surface area contributed by atoms with Crippen molar-refractivity contribution in [1.29, 1.82) is 0 Å². The number of benzene rings is 1. The number of nitrogens with zero attached hydrogens (tertiary/aromatic N) is 1. The number of likely N-dealkylation sites (N-methyl/N-ethyl adjacent to an activating group) is 1. The van der Waals surface area contributed by atoms with Gasteiger partial charge in [0.25, 0.3) is 0 Å². The summed E-state index contributed by atoms with van der Waals surface area (Å²) in [4.78, 5) is 18.3. The standard InChI is InChI=1S/C26H47INO4P/c1-28(2,3)23-26(32-33(29,30)31)18-16-14-12-10-8-6-4-5-7-9-11-13-15-17-24-19-21-25(27)22-20-24/h19-22,26H,4-18,23H2,1-3H3,(H-,29,30,31)/p+1. The van der Waals surface area contributed by atoms with Crippen LogP contribution in [0.3, 0.4) is 0 Å². The van der Waals surface area contributed by atoms with Crippen molar-refractivity contribution in [3.05, 3.63) is 33.4 Å². The summed E-state index contributed by atoms with van der Waals surface area (Å²) in [5.41, 5.74) is 1.47. The molecule has 0 amide bonds. The summed E-state index contributed by atoms with van der Waals surface area (Å²) in [5, 5.41) is 0. The number of rotatable bonds is 20. The molecule has 0 aliphatic rings. The lowest BCUT2D eigenvalue weighted by Gasteiger charge is -2.29. The molecule has 0 aliphatic carbocycles. The molecule has 0 spiro atoms. The number of hydrogen-bond acceptors (Lipinski definition) is 2. The Bertz CT molecular complexity index is 657. The molecule has 33 heavy (non-hydrogen) atoms. The van der Waals surface area contributed by atoms with E-state index in [9.17, 15) is 4.57 Å². The van der Waals surface area contributed by atoms with E-state index in [1.807, 2.05) is 21.1 Å². The lowest BCUT2D eigenvalue weighted by atomic mass is 10.0. The molecule has 1 atom stereocenters. The van der Waals surface area contributed by atoms with E-state index in [4.69, 9.17) is 14.3 Å². The van der Waals surface area contributed by atoms with Crippen LogP contribution in [0.15, 0.2) is 24.3 Å². The smallest absolute Gasteiger partial charge is 0.329 e. The molecule has 0 radical (unpaired) electrons. The number of unbranched alkanes of at least 4 members (excludes halogenated alkanes) is 12. The zero-order chi connectivity index (χ0) is 24.6. The molecule has 192 valence electrons. The minimum absolute atomic E-state index is 0.381. The van der Waals surface area contributed by atoms with Crippen molar-refractivity contribution in [3.8, 4) is 0 Å². The van der Waals surface area contributed by atoms with Crippen LogP contribution in [0.25, 0.3) is 0 Å². The van der Waals surface area contributed by atoms with Crippen molar-refractivity contribution in [3.63, 3.8) is 0 Å². The van der Waals surface area contributed by atoms with Crippen molar-refractivity contribution < 1.29 is 23.4 Å². The van der Waals surface area contributed by atoms with Crippen LogP contribution in [0.4, 0.5) is 0 Å². The zero-order valence-corrected chi connectivity index (χ0v) is 24.2. The highest BCUT2D eigenvalue weighted by molar-refractivity contribution is 14.1. The van der Waals surface area contributed by atoms with Gasteiger partial charge in [0.05, 0.1) is 21.1 Å². The molecule has 0 bridgehead atoms. The highest BCUT2D eigenvalue weighted by atomic mass is 127. The molecular weight excluding hydrogens is 548 g/mol. The van der Waals surface area contributed by atoms with Crippen LogP contribution in [0.2, 0.25) is 0 Å². The average Bonchev–Trinajstić information content (AvgIpc) is 2.69. The van der Waals surface area contributed by atoms with Crippen LogP contribution in [-0.2, 0) is 15.5 Å². The molecule has 1 rings (SSSR count). The first-order valence-corrected chi connectivity index (χ1v) is 15.4. The van der Waals surface area contributed by atoms with Gasteiger partial charge in [-0.1, -0.05) is 89.2 Å². The van der Waals surface area contributed by atoms with E-state index in [0.29, 0.717) is 17.4 Å². The number of phosphoric acid groups is 1. The third-order valence-electron chi connectivity index (χ3n) is 5.94. The Morgan fingerprint density at radius 3 is 1.64 bits per heavy atom. The van der Waals surface area contributed by atoms with Crippen LogP contribution in [0, 0.1) is 3.57 Å². The SMILES string of the molecule is C[N+](C)(C)CC(CCCCCCCCCCCCCCCc1ccc(I)cc1)OP(=O)(O)O. The largest absolute Gasteiger partial charge is 0.470 e. The van der Waals surface area contributed by atoms with Crippen molar-refractivity contribution >= 4 is 30.4 Å². The van der Waals surface area contributed by atoms with Crippen molar-refractivity contribution in [2.75, 3.05) is 27.7 Å². The molecule has 5 nitrogen and oxygen atoms in total. The van der Waals surface area contributed by atoms with E-state index in [2.05, 4.69) is 46.9 Å². The fourth-order valence-electron chi connectivity index (χ4n) is 4.28. The van der Waals surface area contributed by atoms with Gasteiger partial charge in [-0.2, -0.15) is 0 Å². The predicted molar refractivity (Wildman–Crippen MR) is 147 cm³/mol. The van der Waals surface area contributed by atoms with E-state index in [0.717, 1.165) is 12.8 Å². The Labute approximate surface area is 216 Å². The van der Waals surface area contributed by atoms with Crippen molar-refractivity contribution in [2.45, 2.75) is 102 Å². The number of phosphoric ester groups is 1. The van der Waals surface area contributed by atoms with Crippen molar-refractivity contribution in [2.24, 2.45) is 0 Å². The van der Waals surface area contributed by atoms with Gasteiger partial charge in [-0.25, -0.2) is 4.57 Å². The summed E-state index contributed by atoms with van der Waals surface area (Å²) in [6.45, 7) is 0.609. The van der Waals surface area contributed by atoms with Gasteiger partial charge in [-0.15, -0.1) is 0 Å². The van der Waals surface area contributed by atoms with E-state index >= 15 is 0 Å². The summed E-state index contributed by atoms with van der Waals surface area (Å²) in [5.74, 6) is 0. The first-order valence-electron chi connectivity index (χ1n) is 12.8. The van der Waals surface area contributed by atoms with Crippen LogP contribution < -0.4 is 0 Å². The first kappa shape index (κ1) is 31.1. The van der Waals surface area contributed by atoms with Crippen LogP contribution in [-0.4, -0.2) is 48.1 Å². The molecule has 0 saturated carbocycles. The molecule has 0 fully saturated rings. The van der Waals surface area contributed by atoms with E-state index in [-0.39, 0.29) is 6.10 Å². The third kappa shape index (κ3) is 20.0. The summed E-state index contributed by atoms with van der Waals surface area (Å²) in [6, 6.07) is 8.91. The minimum Gasteiger partial charge on any atom is -0.329 e. The third-order valence-corrected chi connectivity index (χ3v) is 7.23.